The molecule has 0 spiro atoms. The van der Waals surface area contributed by atoms with E-state index < -0.39 is 0 Å². The molecule has 0 aromatic heterocycles. The molecule has 4 rings (SSSR count). The first kappa shape index (κ1) is 13.4. The number of fused-ring (bicyclic) bond motifs is 4. The van der Waals surface area contributed by atoms with Gasteiger partial charge in [-0.3, -0.25) is 0 Å². The Labute approximate surface area is 131 Å². The third-order valence-electron chi connectivity index (χ3n) is 4.66. The van der Waals surface area contributed by atoms with Crippen molar-refractivity contribution in [3.05, 3.63) is 65.2 Å². The van der Waals surface area contributed by atoms with Crippen LogP contribution >= 0.6 is 0 Å². The van der Waals surface area contributed by atoms with E-state index in [2.05, 4.69) is 62.4 Å². The second-order valence-electron chi connectivity index (χ2n) is 6.02. The second kappa shape index (κ2) is 5.17. The van der Waals surface area contributed by atoms with Crippen LogP contribution in [0.15, 0.2) is 48.5 Å². The fraction of sp³-hybridized carbons (Fsp3) is 0.238. The smallest absolute Gasteiger partial charge is 0.128 e. The van der Waals surface area contributed by atoms with Gasteiger partial charge in [-0.25, -0.2) is 0 Å². The van der Waals surface area contributed by atoms with Crippen LogP contribution in [-0.2, 0) is 19.4 Å². The Hall–Kier alpha value is -2.28. The van der Waals surface area contributed by atoms with Gasteiger partial charge in [-0.05, 0) is 58.0 Å². The Balaban J connectivity index is 1.91. The molecule has 3 aromatic carbocycles. The zero-order valence-electron chi connectivity index (χ0n) is 13.1. The summed E-state index contributed by atoms with van der Waals surface area (Å²) in [5.74, 6) is 1.01. The van der Waals surface area contributed by atoms with E-state index in [9.17, 15) is 0 Å². The topological polar surface area (TPSA) is 9.23 Å². The monoisotopic (exact) mass is 288 g/mol. The third kappa shape index (κ3) is 2.09. The molecular weight excluding hydrogens is 268 g/mol. The molecule has 0 aliphatic carbocycles. The number of hydrogen-bond donors (Lipinski definition) is 0. The molecule has 0 bridgehead atoms. The fourth-order valence-electron chi connectivity index (χ4n) is 3.28. The molecule has 1 aliphatic heterocycles. The van der Waals surface area contributed by atoms with Gasteiger partial charge in [0.15, 0.2) is 0 Å². The van der Waals surface area contributed by atoms with Crippen molar-refractivity contribution in [1.82, 2.24) is 0 Å². The van der Waals surface area contributed by atoms with Gasteiger partial charge in [0.1, 0.15) is 12.4 Å². The molecular formula is C21H20O. The van der Waals surface area contributed by atoms with Crippen LogP contribution in [0.4, 0.5) is 0 Å². The highest BCUT2D eigenvalue weighted by molar-refractivity contribution is 5.92. The minimum atomic E-state index is 0.676. The van der Waals surface area contributed by atoms with Gasteiger partial charge >= 0.3 is 0 Å². The van der Waals surface area contributed by atoms with Crippen molar-refractivity contribution in [2.24, 2.45) is 0 Å². The number of aryl methyl sites for hydroxylation is 2. The lowest BCUT2D eigenvalue weighted by Crippen LogP contribution is -2.06. The Kier molecular flexibility index (Phi) is 3.15. The highest BCUT2D eigenvalue weighted by atomic mass is 16.5. The van der Waals surface area contributed by atoms with Crippen LogP contribution in [0.3, 0.4) is 0 Å². The Morgan fingerprint density at radius 3 is 2.36 bits per heavy atom. The molecule has 0 amide bonds. The molecule has 1 aliphatic rings. The summed E-state index contributed by atoms with van der Waals surface area (Å²) in [6.07, 6.45) is 2.13. The van der Waals surface area contributed by atoms with Crippen LogP contribution in [-0.4, -0.2) is 0 Å². The van der Waals surface area contributed by atoms with Crippen LogP contribution in [0, 0.1) is 0 Å². The van der Waals surface area contributed by atoms with E-state index in [1.165, 1.54) is 38.6 Å². The quantitative estimate of drug-likeness (QED) is 0.603. The largest absolute Gasteiger partial charge is 0.488 e. The Morgan fingerprint density at radius 2 is 1.55 bits per heavy atom. The normalized spacial score (nSPS) is 12.6. The molecule has 0 unspecified atom stereocenters. The lowest BCUT2D eigenvalue weighted by Gasteiger charge is -2.22. The zero-order valence-corrected chi connectivity index (χ0v) is 13.1. The maximum Gasteiger partial charge on any atom is 0.128 e. The van der Waals surface area contributed by atoms with Gasteiger partial charge in [0, 0.05) is 5.56 Å². The van der Waals surface area contributed by atoms with Crippen molar-refractivity contribution < 1.29 is 4.74 Å². The summed E-state index contributed by atoms with van der Waals surface area (Å²) < 4.78 is 6.03. The van der Waals surface area contributed by atoms with E-state index in [1.807, 2.05) is 0 Å². The standard InChI is InChI=1S/C21H20O/c1-3-14-5-7-16-11-20-19-8-6-15(4-2)10-18(19)13-22-21(20)12-17(16)9-14/h5-12H,3-4,13H2,1-2H3. The van der Waals surface area contributed by atoms with Gasteiger partial charge in [-0.2, -0.15) is 0 Å². The molecule has 1 nitrogen and oxygen atoms in total. The molecule has 0 saturated carbocycles. The van der Waals surface area contributed by atoms with E-state index in [4.69, 9.17) is 4.74 Å². The van der Waals surface area contributed by atoms with Crippen LogP contribution in [0.5, 0.6) is 5.75 Å². The number of benzene rings is 3. The second-order valence-corrected chi connectivity index (χ2v) is 6.02. The summed E-state index contributed by atoms with van der Waals surface area (Å²) in [6, 6.07) is 18.0. The molecule has 1 heterocycles. The maximum absolute atomic E-state index is 6.03. The fourth-order valence-corrected chi connectivity index (χ4v) is 3.28. The van der Waals surface area contributed by atoms with Crippen LogP contribution < -0.4 is 4.74 Å². The first-order valence-corrected chi connectivity index (χ1v) is 8.10. The van der Waals surface area contributed by atoms with Gasteiger partial charge in [-0.1, -0.05) is 50.2 Å². The Morgan fingerprint density at radius 1 is 0.773 bits per heavy atom. The summed E-state index contributed by atoms with van der Waals surface area (Å²) >= 11 is 0. The average molecular weight is 288 g/mol. The predicted molar refractivity (Wildman–Crippen MR) is 92.5 cm³/mol. The van der Waals surface area contributed by atoms with E-state index in [-0.39, 0.29) is 0 Å². The number of ether oxygens (including phenoxy) is 1. The predicted octanol–water partition coefficient (Wildman–Crippen LogP) is 5.52. The van der Waals surface area contributed by atoms with Gasteiger partial charge in [0.25, 0.3) is 0 Å². The third-order valence-corrected chi connectivity index (χ3v) is 4.66. The maximum atomic E-state index is 6.03. The van der Waals surface area contributed by atoms with E-state index in [1.54, 1.807) is 0 Å². The van der Waals surface area contributed by atoms with Crippen molar-refractivity contribution in [3.63, 3.8) is 0 Å². The summed E-state index contributed by atoms with van der Waals surface area (Å²) in [6.45, 7) is 5.06. The lowest BCUT2D eigenvalue weighted by molar-refractivity contribution is 0.302. The van der Waals surface area contributed by atoms with Gasteiger partial charge in [-0.15, -0.1) is 0 Å². The van der Waals surface area contributed by atoms with Crippen molar-refractivity contribution in [2.45, 2.75) is 33.3 Å². The van der Waals surface area contributed by atoms with Crippen LogP contribution in [0.2, 0.25) is 0 Å². The molecule has 22 heavy (non-hydrogen) atoms. The van der Waals surface area contributed by atoms with Gasteiger partial charge in [0.05, 0.1) is 0 Å². The van der Waals surface area contributed by atoms with E-state index in [0.29, 0.717) is 6.61 Å². The van der Waals surface area contributed by atoms with Crippen molar-refractivity contribution in [2.75, 3.05) is 0 Å². The zero-order chi connectivity index (χ0) is 15.1. The minimum Gasteiger partial charge on any atom is -0.488 e. The summed E-state index contributed by atoms with van der Waals surface area (Å²) in [4.78, 5) is 0. The van der Waals surface area contributed by atoms with Crippen LogP contribution in [0.1, 0.15) is 30.5 Å². The van der Waals surface area contributed by atoms with E-state index in [0.717, 1.165) is 18.6 Å². The molecule has 0 N–H and O–H groups in total. The van der Waals surface area contributed by atoms with Crippen molar-refractivity contribution in [3.8, 4) is 16.9 Å². The highest BCUT2D eigenvalue weighted by Crippen LogP contribution is 2.40. The van der Waals surface area contributed by atoms with Gasteiger partial charge in [0.2, 0.25) is 0 Å². The average Bonchev–Trinajstić information content (AvgIpc) is 2.58. The molecule has 0 fully saturated rings. The Bertz CT molecular complexity index is 861. The lowest BCUT2D eigenvalue weighted by atomic mass is 9.92. The molecule has 0 atom stereocenters. The molecule has 3 aromatic rings. The number of hydrogen-bond acceptors (Lipinski definition) is 1. The summed E-state index contributed by atoms with van der Waals surface area (Å²) in [5.41, 5.74) is 6.59. The molecule has 0 saturated heterocycles. The molecule has 1 heteroatoms. The number of rotatable bonds is 2. The minimum absolute atomic E-state index is 0.676. The summed E-state index contributed by atoms with van der Waals surface area (Å²) in [5, 5.41) is 2.55. The first-order valence-electron chi connectivity index (χ1n) is 8.10. The molecule has 110 valence electrons. The van der Waals surface area contributed by atoms with Crippen LogP contribution in [0.25, 0.3) is 21.9 Å². The highest BCUT2D eigenvalue weighted by Gasteiger charge is 2.18. The van der Waals surface area contributed by atoms with Crippen molar-refractivity contribution in [1.29, 1.82) is 0 Å². The van der Waals surface area contributed by atoms with Crippen molar-refractivity contribution >= 4 is 10.8 Å². The molecule has 0 radical (unpaired) electrons. The van der Waals surface area contributed by atoms with Gasteiger partial charge < -0.3 is 4.74 Å². The summed E-state index contributed by atoms with van der Waals surface area (Å²) in [7, 11) is 0. The SMILES string of the molecule is CCc1ccc2c(c1)COc1cc3cc(CC)ccc3cc1-2. The first-order chi connectivity index (χ1) is 10.8. The van der Waals surface area contributed by atoms with E-state index >= 15 is 0 Å².